The van der Waals surface area contributed by atoms with E-state index in [-0.39, 0.29) is 23.0 Å². The minimum Gasteiger partial charge on any atom is -0.477 e. The van der Waals surface area contributed by atoms with Crippen molar-refractivity contribution < 1.29 is 14.8 Å². The monoisotopic (exact) mass is 278 g/mol. The maximum absolute atomic E-state index is 11.2. The number of nitrogens with zero attached hydrogens (tertiary/aromatic N) is 1. The third kappa shape index (κ3) is 2.89. The van der Waals surface area contributed by atoms with Crippen LogP contribution in [0.25, 0.3) is 0 Å². The van der Waals surface area contributed by atoms with Crippen LogP contribution in [-0.4, -0.2) is 22.0 Å². The fraction of sp³-hybridized carbons (Fsp3) is 0.500. The highest BCUT2D eigenvalue weighted by molar-refractivity contribution is 5.95. The Labute approximate surface area is 117 Å². The molecular formula is C14H18N2O4. The Kier molecular flexibility index (Phi) is 4.22. The summed E-state index contributed by atoms with van der Waals surface area (Å²) in [5.74, 6) is -0.794. The lowest BCUT2D eigenvalue weighted by Crippen LogP contribution is -2.24. The highest BCUT2D eigenvalue weighted by Crippen LogP contribution is 2.33. The molecule has 0 bridgehead atoms. The van der Waals surface area contributed by atoms with Crippen LogP contribution in [0.4, 0.5) is 11.4 Å². The van der Waals surface area contributed by atoms with E-state index in [1.807, 2.05) is 6.92 Å². The summed E-state index contributed by atoms with van der Waals surface area (Å²) in [6.45, 7) is 1.99. The topological polar surface area (TPSA) is 92.5 Å². The number of anilines is 1. The lowest BCUT2D eigenvalue weighted by molar-refractivity contribution is -0.384. The van der Waals surface area contributed by atoms with Gasteiger partial charge in [-0.3, -0.25) is 10.1 Å². The van der Waals surface area contributed by atoms with Gasteiger partial charge in [-0.25, -0.2) is 4.79 Å². The number of hydrogen-bond donors (Lipinski definition) is 2. The molecule has 0 saturated heterocycles. The maximum Gasteiger partial charge on any atom is 0.342 e. The second kappa shape index (κ2) is 5.90. The van der Waals surface area contributed by atoms with Gasteiger partial charge >= 0.3 is 11.7 Å². The molecular weight excluding hydrogens is 260 g/mol. The molecule has 6 nitrogen and oxygen atoms in total. The summed E-state index contributed by atoms with van der Waals surface area (Å²) in [6, 6.07) is 4.45. The van der Waals surface area contributed by atoms with Crippen molar-refractivity contribution in [2.45, 2.75) is 38.6 Å². The number of para-hydroxylation sites is 1. The van der Waals surface area contributed by atoms with Crippen LogP contribution in [0.2, 0.25) is 0 Å². The number of nitro benzene ring substituents is 1. The Hall–Kier alpha value is -2.11. The molecule has 1 aromatic rings. The van der Waals surface area contributed by atoms with E-state index < -0.39 is 10.9 Å². The molecule has 2 N–H and O–H groups in total. The summed E-state index contributed by atoms with van der Waals surface area (Å²) in [5.41, 5.74) is -0.349. The van der Waals surface area contributed by atoms with Gasteiger partial charge in [-0.2, -0.15) is 0 Å². The Bertz CT molecular complexity index is 524. The van der Waals surface area contributed by atoms with Gasteiger partial charge in [0.1, 0.15) is 11.3 Å². The van der Waals surface area contributed by atoms with Gasteiger partial charge in [0.25, 0.3) is 0 Å². The molecule has 0 aromatic heterocycles. The number of carboxylic acids is 1. The molecule has 2 rings (SSSR count). The molecule has 1 aromatic carbocycles. The van der Waals surface area contributed by atoms with Crippen LogP contribution >= 0.6 is 0 Å². The average Bonchev–Trinajstić information content (AvgIpc) is 2.91. The number of carbonyl (C=O) groups is 1. The zero-order valence-corrected chi connectivity index (χ0v) is 11.3. The van der Waals surface area contributed by atoms with Crippen molar-refractivity contribution in [3.05, 3.63) is 33.9 Å². The minimum absolute atomic E-state index is 0.0974. The number of nitro groups is 1. The summed E-state index contributed by atoms with van der Waals surface area (Å²) in [5, 5.41) is 23.3. The standard InChI is InChI=1S/C14H18N2O4/c1-9(10-5-2-3-6-10)15-12-8-4-7-11(14(17)18)13(12)16(19)20/h4,7-10,15H,2-3,5-6H2,1H3,(H,17,18). The van der Waals surface area contributed by atoms with Crippen molar-refractivity contribution >= 4 is 17.3 Å². The molecule has 20 heavy (non-hydrogen) atoms. The van der Waals surface area contributed by atoms with Gasteiger partial charge in [0, 0.05) is 6.04 Å². The van der Waals surface area contributed by atoms with Crippen molar-refractivity contribution in [1.82, 2.24) is 0 Å². The summed E-state index contributed by atoms with van der Waals surface area (Å²) in [4.78, 5) is 21.6. The van der Waals surface area contributed by atoms with Crippen molar-refractivity contribution in [1.29, 1.82) is 0 Å². The second-order valence-corrected chi connectivity index (χ2v) is 5.24. The van der Waals surface area contributed by atoms with E-state index in [0.29, 0.717) is 5.92 Å². The first-order valence-electron chi connectivity index (χ1n) is 6.78. The molecule has 1 fully saturated rings. The van der Waals surface area contributed by atoms with Crippen molar-refractivity contribution in [3.8, 4) is 0 Å². The normalized spacial score (nSPS) is 16.9. The number of aromatic carboxylic acids is 1. The van der Waals surface area contributed by atoms with E-state index in [4.69, 9.17) is 5.11 Å². The van der Waals surface area contributed by atoms with Crippen LogP contribution in [0.15, 0.2) is 18.2 Å². The van der Waals surface area contributed by atoms with Crippen molar-refractivity contribution in [2.75, 3.05) is 5.32 Å². The zero-order valence-electron chi connectivity index (χ0n) is 11.3. The lowest BCUT2D eigenvalue weighted by Gasteiger charge is -2.21. The molecule has 1 unspecified atom stereocenters. The fourth-order valence-electron chi connectivity index (χ4n) is 2.85. The Morgan fingerprint density at radius 2 is 2.10 bits per heavy atom. The Morgan fingerprint density at radius 1 is 1.45 bits per heavy atom. The van der Waals surface area contributed by atoms with Gasteiger partial charge in [0.15, 0.2) is 0 Å². The quantitative estimate of drug-likeness (QED) is 0.637. The van der Waals surface area contributed by atoms with Gasteiger partial charge in [-0.05, 0) is 37.8 Å². The zero-order chi connectivity index (χ0) is 14.7. The number of rotatable bonds is 5. The van der Waals surface area contributed by atoms with E-state index >= 15 is 0 Å². The average molecular weight is 278 g/mol. The maximum atomic E-state index is 11.2. The molecule has 1 saturated carbocycles. The van der Waals surface area contributed by atoms with E-state index in [0.717, 1.165) is 12.8 Å². The summed E-state index contributed by atoms with van der Waals surface area (Å²) in [7, 11) is 0. The van der Waals surface area contributed by atoms with Crippen LogP contribution in [0.5, 0.6) is 0 Å². The lowest BCUT2D eigenvalue weighted by atomic mass is 9.99. The number of benzene rings is 1. The smallest absolute Gasteiger partial charge is 0.342 e. The van der Waals surface area contributed by atoms with Crippen LogP contribution in [0.3, 0.4) is 0 Å². The van der Waals surface area contributed by atoms with Crippen LogP contribution in [-0.2, 0) is 0 Å². The fourth-order valence-corrected chi connectivity index (χ4v) is 2.85. The number of carboxylic acid groups (broad SMARTS) is 1. The van der Waals surface area contributed by atoms with Crippen LogP contribution in [0.1, 0.15) is 43.0 Å². The Morgan fingerprint density at radius 3 is 2.65 bits per heavy atom. The molecule has 6 heteroatoms. The third-order valence-electron chi connectivity index (χ3n) is 3.94. The third-order valence-corrected chi connectivity index (χ3v) is 3.94. The molecule has 0 spiro atoms. The number of nitrogens with one attached hydrogen (secondary N) is 1. The van der Waals surface area contributed by atoms with E-state index in [9.17, 15) is 14.9 Å². The molecule has 1 aliphatic rings. The van der Waals surface area contributed by atoms with E-state index in [2.05, 4.69) is 5.32 Å². The van der Waals surface area contributed by atoms with Crippen LogP contribution in [0, 0.1) is 16.0 Å². The predicted molar refractivity (Wildman–Crippen MR) is 75.1 cm³/mol. The second-order valence-electron chi connectivity index (χ2n) is 5.24. The first-order chi connectivity index (χ1) is 9.50. The predicted octanol–water partition coefficient (Wildman–Crippen LogP) is 3.28. The minimum atomic E-state index is -1.28. The SMILES string of the molecule is CC(Nc1cccc(C(=O)O)c1[N+](=O)[O-])C1CCCC1. The van der Waals surface area contributed by atoms with E-state index in [1.165, 1.54) is 25.0 Å². The first kappa shape index (κ1) is 14.3. The first-order valence-corrected chi connectivity index (χ1v) is 6.78. The van der Waals surface area contributed by atoms with Gasteiger partial charge in [0.2, 0.25) is 0 Å². The summed E-state index contributed by atoms with van der Waals surface area (Å²) < 4.78 is 0. The van der Waals surface area contributed by atoms with Crippen molar-refractivity contribution in [3.63, 3.8) is 0 Å². The molecule has 1 atom stereocenters. The molecule has 0 radical (unpaired) electrons. The van der Waals surface area contributed by atoms with Gasteiger partial charge < -0.3 is 10.4 Å². The number of hydrogen-bond acceptors (Lipinski definition) is 4. The molecule has 0 aliphatic heterocycles. The van der Waals surface area contributed by atoms with Gasteiger partial charge in [-0.15, -0.1) is 0 Å². The van der Waals surface area contributed by atoms with Crippen LogP contribution < -0.4 is 5.32 Å². The molecule has 1 aliphatic carbocycles. The summed E-state index contributed by atoms with van der Waals surface area (Å²) >= 11 is 0. The Balaban J connectivity index is 2.28. The molecule has 0 amide bonds. The highest BCUT2D eigenvalue weighted by Gasteiger charge is 2.27. The van der Waals surface area contributed by atoms with Crippen molar-refractivity contribution in [2.24, 2.45) is 5.92 Å². The largest absolute Gasteiger partial charge is 0.477 e. The molecule has 0 heterocycles. The van der Waals surface area contributed by atoms with Gasteiger partial charge in [-0.1, -0.05) is 18.9 Å². The van der Waals surface area contributed by atoms with Gasteiger partial charge in [0.05, 0.1) is 4.92 Å². The summed E-state index contributed by atoms with van der Waals surface area (Å²) in [6.07, 6.45) is 4.60. The highest BCUT2D eigenvalue weighted by atomic mass is 16.6. The van der Waals surface area contributed by atoms with E-state index in [1.54, 1.807) is 6.07 Å². The molecule has 108 valence electrons.